The number of rotatable bonds is 40. The van der Waals surface area contributed by atoms with E-state index in [-0.39, 0.29) is 37.3 Å². The average molecular weight is 1030 g/mol. The molecule has 19 nitrogen and oxygen atoms in total. The predicted octanol–water partition coefficient (Wildman–Crippen LogP) is 9.20. The highest BCUT2D eigenvalue weighted by atomic mass is 31.3. The molecule has 7 atom stereocenters. The number of nitrogens with zero attached hydrogens (tertiary/aromatic N) is 2. The average Bonchev–Trinajstić information content (AvgIpc) is 3.58. The first-order valence-corrected chi connectivity index (χ1v) is 28.0. The largest absolute Gasteiger partial charge is 0.481 e. The number of phosphoric ester groups is 2. The normalized spacial score (nSPS) is 19.7. The van der Waals surface area contributed by atoms with Crippen molar-refractivity contribution in [3.63, 3.8) is 0 Å². The summed E-state index contributed by atoms with van der Waals surface area (Å²) in [5, 5.41) is 20.9. The summed E-state index contributed by atoms with van der Waals surface area (Å²) >= 11 is 0. The molecule has 0 saturated carbocycles. The predicted molar refractivity (Wildman–Crippen MR) is 266 cm³/mol. The molecule has 1 fully saturated rings. The van der Waals surface area contributed by atoms with Crippen molar-refractivity contribution in [3.8, 4) is 0 Å². The lowest BCUT2D eigenvalue weighted by Gasteiger charge is -2.21. The number of esters is 2. The molecule has 21 heteroatoms. The van der Waals surface area contributed by atoms with Crippen molar-refractivity contribution in [2.45, 2.75) is 193 Å². The third-order valence-electron chi connectivity index (χ3n) is 11.1. The topological polar surface area (TPSA) is 283 Å². The second-order valence-corrected chi connectivity index (χ2v) is 20.9. The Labute approximate surface area is 414 Å². The van der Waals surface area contributed by atoms with Gasteiger partial charge >= 0.3 is 33.3 Å². The van der Waals surface area contributed by atoms with Crippen LogP contribution in [0.25, 0.3) is 0 Å². The maximum atomic E-state index is 12.8. The van der Waals surface area contributed by atoms with E-state index in [2.05, 4.69) is 48.3 Å². The summed E-state index contributed by atoms with van der Waals surface area (Å²) in [6.45, 7) is 4.17. The van der Waals surface area contributed by atoms with Gasteiger partial charge in [0.2, 0.25) is 0 Å². The number of unbranched alkanes of at least 4 members (excludes halogenated alkanes) is 13. The van der Waals surface area contributed by atoms with Crippen molar-refractivity contribution in [2.24, 2.45) is 5.92 Å². The SMILES string of the molecule is CCCCC/C=C\C/C=C\C/C=C\C=C\C(=O)CCCC(=O)OC[C@H](COP(=O)(O)OP(=O)(O)OC[C@H]1O[C@@H](n2ccc(N)nc2=O)[C@H](O)[C@@H]1O)OC(=O)CCCCCCCCCCCCCC(C)C. The summed E-state index contributed by atoms with van der Waals surface area (Å²) in [6.07, 6.45) is 27.9. The van der Waals surface area contributed by atoms with Crippen LogP contribution in [0, 0.1) is 5.92 Å². The number of hydrogen-bond acceptors (Lipinski definition) is 16. The number of nitrogen functional groups attached to an aromatic ring is 1. The van der Waals surface area contributed by atoms with Crippen LogP contribution in [0.1, 0.15) is 168 Å². The van der Waals surface area contributed by atoms with E-state index in [0.29, 0.717) is 6.42 Å². The molecule has 0 radical (unpaired) electrons. The molecular formula is C49H81N3O16P2. The molecule has 0 bridgehead atoms. The number of aliphatic hydroxyl groups is 2. The van der Waals surface area contributed by atoms with Gasteiger partial charge in [0.25, 0.3) is 0 Å². The fourth-order valence-corrected chi connectivity index (χ4v) is 9.27. The third-order valence-corrected chi connectivity index (χ3v) is 13.7. The zero-order valence-corrected chi connectivity index (χ0v) is 43.3. The number of ketones is 1. The Morgan fingerprint density at radius 1 is 0.771 bits per heavy atom. The van der Waals surface area contributed by atoms with E-state index in [4.69, 9.17) is 29.0 Å². The highest BCUT2D eigenvalue weighted by Crippen LogP contribution is 2.60. The van der Waals surface area contributed by atoms with Crippen LogP contribution in [0.2, 0.25) is 0 Å². The summed E-state index contributed by atoms with van der Waals surface area (Å²) in [5.74, 6) is -1.01. The van der Waals surface area contributed by atoms with E-state index in [0.717, 1.165) is 61.6 Å². The molecule has 0 aliphatic carbocycles. The molecule has 1 saturated heterocycles. The van der Waals surface area contributed by atoms with Crippen LogP contribution >= 0.6 is 15.6 Å². The van der Waals surface area contributed by atoms with Crippen LogP contribution < -0.4 is 11.4 Å². The van der Waals surface area contributed by atoms with E-state index in [1.807, 2.05) is 12.2 Å². The van der Waals surface area contributed by atoms with Crippen LogP contribution in [0.3, 0.4) is 0 Å². The molecule has 6 N–H and O–H groups in total. The number of allylic oxidation sites excluding steroid dienone is 8. The summed E-state index contributed by atoms with van der Waals surface area (Å²) < 4.78 is 56.5. The van der Waals surface area contributed by atoms with Crippen molar-refractivity contribution in [3.05, 3.63) is 71.4 Å². The minimum atomic E-state index is -5.47. The monoisotopic (exact) mass is 1030 g/mol. The number of carbonyl (C=O) groups is 3. The van der Waals surface area contributed by atoms with Gasteiger partial charge < -0.3 is 39.9 Å². The summed E-state index contributed by atoms with van der Waals surface area (Å²) in [6, 6.07) is 1.23. The van der Waals surface area contributed by atoms with E-state index < -0.39 is 83.7 Å². The number of hydrogen-bond donors (Lipinski definition) is 5. The van der Waals surface area contributed by atoms with Crippen LogP contribution in [-0.4, -0.2) is 91.5 Å². The van der Waals surface area contributed by atoms with Crippen LogP contribution in [0.5, 0.6) is 0 Å². The molecule has 2 rings (SSSR count). The number of nitrogens with two attached hydrogens (primary N) is 1. The molecule has 1 aromatic rings. The zero-order chi connectivity index (χ0) is 51.6. The molecule has 1 aliphatic rings. The van der Waals surface area contributed by atoms with Crippen LogP contribution in [0.4, 0.5) is 5.82 Å². The summed E-state index contributed by atoms with van der Waals surface area (Å²) in [5.41, 5.74) is 4.57. The van der Waals surface area contributed by atoms with E-state index in [1.165, 1.54) is 76.4 Å². The summed E-state index contributed by atoms with van der Waals surface area (Å²) in [7, 11) is -10.9. The molecule has 2 unspecified atom stereocenters. The number of aliphatic hydroxyl groups excluding tert-OH is 2. The molecular weight excluding hydrogens is 948 g/mol. The molecule has 1 aliphatic heterocycles. The van der Waals surface area contributed by atoms with Crippen molar-refractivity contribution in [2.75, 3.05) is 25.6 Å². The smallest absolute Gasteiger partial charge is 0.462 e. The van der Waals surface area contributed by atoms with Crippen molar-refractivity contribution in [1.82, 2.24) is 9.55 Å². The maximum Gasteiger partial charge on any atom is 0.481 e. The van der Waals surface area contributed by atoms with Gasteiger partial charge in [-0.1, -0.05) is 147 Å². The molecule has 70 heavy (non-hydrogen) atoms. The first-order valence-electron chi connectivity index (χ1n) is 25.0. The first kappa shape index (κ1) is 62.5. The van der Waals surface area contributed by atoms with E-state index >= 15 is 0 Å². The van der Waals surface area contributed by atoms with Gasteiger partial charge in [0.15, 0.2) is 18.1 Å². The third kappa shape index (κ3) is 29.7. The van der Waals surface area contributed by atoms with Gasteiger partial charge in [-0.2, -0.15) is 9.29 Å². The van der Waals surface area contributed by atoms with Gasteiger partial charge in [-0.3, -0.25) is 28.0 Å². The number of aromatic nitrogens is 2. The Balaban J connectivity index is 1.86. The number of phosphoric acid groups is 2. The number of anilines is 1. The number of ether oxygens (including phenoxy) is 3. The zero-order valence-electron chi connectivity index (χ0n) is 41.5. The molecule has 1 aromatic heterocycles. The molecule has 0 amide bonds. The number of carbonyl (C=O) groups excluding carboxylic acids is 3. The van der Waals surface area contributed by atoms with Crippen LogP contribution in [0.15, 0.2) is 65.7 Å². The van der Waals surface area contributed by atoms with Gasteiger partial charge in [-0.15, -0.1) is 0 Å². The Hall–Kier alpha value is -3.61. The first-order chi connectivity index (χ1) is 33.4. The van der Waals surface area contributed by atoms with Gasteiger partial charge in [-0.05, 0) is 56.6 Å². The van der Waals surface area contributed by atoms with Crippen molar-refractivity contribution < 1.29 is 71.1 Å². The minimum absolute atomic E-state index is 0.000279. The van der Waals surface area contributed by atoms with Crippen molar-refractivity contribution >= 4 is 39.2 Å². The molecule has 2 heterocycles. The summed E-state index contributed by atoms with van der Waals surface area (Å²) in [4.78, 5) is 74.2. The fraction of sp³-hybridized carbons (Fsp3) is 0.694. The Kier molecular flexibility index (Phi) is 32.4. The lowest BCUT2D eigenvalue weighted by Crippen LogP contribution is -2.36. The lowest BCUT2D eigenvalue weighted by atomic mass is 10.0. The van der Waals surface area contributed by atoms with E-state index in [9.17, 15) is 48.3 Å². The fourth-order valence-electron chi connectivity index (χ4n) is 7.16. The molecule has 0 spiro atoms. The Bertz CT molecular complexity index is 1940. The van der Waals surface area contributed by atoms with E-state index in [1.54, 1.807) is 12.2 Å². The highest BCUT2D eigenvalue weighted by Gasteiger charge is 2.46. The molecule has 0 aromatic carbocycles. The second kappa shape index (κ2) is 36.3. The van der Waals surface area contributed by atoms with Crippen LogP contribution in [-0.2, 0) is 51.1 Å². The standard InChI is InChI=1S/C49H81N3O16P2/c1-4-5-6-7-8-9-10-11-14-17-20-23-26-30-40(53)31-28-33-44(54)63-36-41(66-45(55)32-27-24-21-18-15-12-13-16-19-22-25-29-39(2)3)37-64-69(59,60)68-70(61,62)65-38-42-46(56)47(57)48(67-42)52-35-34-43(50)51-49(52)58/h8-9,11,14,20,23,26,30,34-35,39,41-42,46-48,56-57H,4-7,10,12-13,15-19,21-22,24-25,27-29,31-33,36-38H2,1-3H3,(H,59,60)(H,61,62)(H2,50,51,58)/b9-8-,14-11-,23-20-,30-26+/t41-,42-,46-,47-,48-/m1/s1. The van der Waals surface area contributed by atoms with Gasteiger partial charge in [0.05, 0.1) is 13.2 Å². The minimum Gasteiger partial charge on any atom is -0.462 e. The van der Waals surface area contributed by atoms with Gasteiger partial charge in [0.1, 0.15) is 30.7 Å². The highest BCUT2D eigenvalue weighted by molar-refractivity contribution is 7.61. The van der Waals surface area contributed by atoms with Gasteiger partial charge in [0, 0.05) is 25.5 Å². The Morgan fingerprint density at radius 2 is 1.39 bits per heavy atom. The quantitative estimate of drug-likeness (QED) is 0.0102. The lowest BCUT2D eigenvalue weighted by molar-refractivity contribution is -0.161. The van der Waals surface area contributed by atoms with Crippen molar-refractivity contribution in [1.29, 1.82) is 0 Å². The Morgan fingerprint density at radius 3 is 2.04 bits per heavy atom. The maximum absolute atomic E-state index is 12.8. The second-order valence-electron chi connectivity index (χ2n) is 17.8. The van der Waals surface area contributed by atoms with Gasteiger partial charge in [-0.25, -0.2) is 13.9 Å². The molecule has 398 valence electrons.